The average molecular weight is 386 g/mol. The molecule has 0 spiro atoms. The monoisotopic (exact) mass is 385 g/mol. The van der Waals surface area contributed by atoms with Crippen molar-refractivity contribution in [2.24, 2.45) is 0 Å². The summed E-state index contributed by atoms with van der Waals surface area (Å²) in [6.45, 7) is 1.14. The maximum Gasteiger partial charge on any atom is 0.417 e. The molecule has 9 heteroatoms. The van der Waals surface area contributed by atoms with E-state index in [0.717, 1.165) is 24.8 Å². The Bertz CT molecular complexity index is 551. The van der Waals surface area contributed by atoms with Crippen LogP contribution in [0.25, 0.3) is 0 Å². The van der Waals surface area contributed by atoms with Crippen LogP contribution in [0.15, 0.2) is 27.6 Å². The maximum absolute atomic E-state index is 12.9. The molecule has 0 aliphatic rings. The van der Waals surface area contributed by atoms with E-state index in [4.69, 9.17) is 5.11 Å². The smallest absolute Gasteiger partial charge is 0.417 e. The van der Waals surface area contributed by atoms with E-state index in [1.165, 1.54) is 12.1 Å². The van der Waals surface area contributed by atoms with Crippen molar-refractivity contribution < 1.29 is 27.9 Å². The van der Waals surface area contributed by atoms with E-state index < -0.39 is 29.7 Å². The zero-order valence-electron chi connectivity index (χ0n) is 10.7. The number of carboxylic acids is 1. The number of carbonyl (C=O) groups is 2. The molecule has 1 aromatic rings. The first-order valence-electron chi connectivity index (χ1n) is 5.60. The second-order valence-electron chi connectivity index (χ2n) is 4.04. The Morgan fingerprint density at radius 3 is 2.52 bits per heavy atom. The number of thioether (sulfide) groups is 1. The van der Waals surface area contributed by atoms with E-state index in [2.05, 4.69) is 21.2 Å². The number of rotatable bonds is 5. The molecule has 116 valence electrons. The lowest BCUT2D eigenvalue weighted by molar-refractivity contribution is -0.140. The minimum atomic E-state index is -4.53. The fraction of sp³-hybridized carbons (Fsp3) is 0.333. The molecule has 0 aromatic heterocycles. The van der Waals surface area contributed by atoms with Gasteiger partial charge in [-0.1, -0.05) is 15.9 Å². The minimum Gasteiger partial charge on any atom is -0.480 e. The average Bonchev–Trinajstić information content (AvgIpc) is 2.32. The molecule has 1 rings (SSSR count). The van der Waals surface area contributed by atoms with Crippen molar-refractivity contribution in [2.75, 3.05) is 5.75 Å². The summed E-state index contributed by atoms with van der Waals surface area (Å²) in [4.78, 5) is 21.7. The van der Waals surface area contributed by atoms with Gasteiger partial charge >= 0.3 is 12.1 Å². The first kappa shape index (κ1) is 17.8. The number of alkyl halides is 3. The number of hydrogen-bond donors (Lipinski definition) is 2. The third-order valence-electron chi connectivity index (χ3n) is 2.33. The molecule has 21 heavy (non-hydrogen) atoms. The SMILES string of the molecule is CC(=O)NC(CSc1cc(Br)ccc1C(F)(F)F)C(=O)O. The molecule has 0 heterocycles. The molecule has 1 amide bonds. The van der Waals surface area contributed by atoms with Gasteiger partial charge in [-0.25, -0.2) is 4.79 Å². The second kappa shape index (κ2) is 7.17. The second-order valence-corrected chi connectivity index (χ2v) is 6.02. The molecule has 0 aliphatic heterocycles. The summed E-state index contributed by atoms with van der Waals surface area (Å²) in [5, 5.41) is 11.1. The summed E-state index contributed by atoms with van der Waals surface area (Å²) in [6.07, 6.45) is -4.53. The first-order chi connectivity index (χ1) is 9.61. The third-order valence-corrected chi connectivity index (χ3v) is 3.97. The molecule has 0 aliphatic carbocycles. The normalized spacial score (nSPS) is 12.8. The predicted octanol–water partition coefficient (Wildman–Crippen LogP) is 3.15. The van der Waals surface area contributed by atoms with Crippen LogP contribution in [0.2, 0.25) is 0 Å². The summed E-state index contributed by atoms with van der Waals surface area (Å²) in [6, 6.07) is 2.18. The van der Waals surface area contributed by atoms with Crippen LogP contribution < -0.4 is 5.32 Å². The van der Waals surface area contributed by atoms with Gasteiger partial charge < -0.3 is 10.4 Å². The van der Waals surface area contributed by atoms with Gasteiger partial charge in [-0.05, 0) is 18.2 Å². The van der Waals surface area contributed by atoms with Crippen molar-refractivity contribution in [2.45, 2.75) is 24.0 Å². The first-order valence-corrected chi connectivity index (χ1v) is 7.38. The van der Waals surface area contributed by atoms with Gasteiger partial charge in [0.05, 0.1) is 5.56 Å². The highest BCUT2D eigenvalue weighted by atomic mass is 79.9. The molecule has 0 saturated heterocycles. The summed E-state index contributed by atoms with van der Waals surface area (Å²) >= 11 is 3.79. The van der Waals surface area contributed by atoms with Gasteiger partial charge in [0.2, 0.25) is 5.91 Å². The number of carbonyl (C=O) groups excluding carboxylic acids is 1. The number of hydrogen-bond acceptors (Lipinski definition) is 3. The summed E-state index contributed by atoms with van der Waals surface area (Å²) in [7, 11) is 0. The van der Waals surface area contributed by atoms with E-state index in [1.54, 1.807) is 0 Å². The number of amides is 1. The number of benzene rings is 1. The largest absolute Gasteiger partial charge is 0.480 e. The van der Waals surface area contributed by atoms with Crippen molar-refractivity contribution in [3.8, 4) is 0 Å². The van der Waals surface area contributed by atoms with Crippen LogP contribution in [0.3, 0.4) is 0 Å². The Kier molecular flexibility index (Phi) is 6.09. The quantitative estimate of drug-likeness (QED) is 0.764. The lowest BCUT2D eigenvalue weighted by Gasteiger charge is -2.16. The molecule has 1 atom stereocenters. The van der Waals surface area contributed by atoms with Gasteiger partial charge in [0.25, 0.3) is 0 Å². The van der Waals surface area contributed by atoms with Gasteiger partial charge in [-0.2, -0.15) is 13.2 Å². The van der Waals surface area contributed by atoms with Crippen LogP contribution in [0, 0.1) is 0 Å². The highest BCUT2D eigenvalue weighted by molar-refractivity contribution is 9.10. The van der Waals surface area contributed by atoms with Crippen LogP contribution in [0.1, 0.15) is 12.5 Å². The molecule has 0 bridgehead atoms. The van der Waals surface area contributed by atoms with Gasteiger partial charge in [-0.3, -0.25) is 4.79 Å². The van der Waals surface area contributed by atoms with Gasteiger partial charge in [0.15, 0.2) is 0 Å². The molecular formula is C12H11BrF3NO3S. The Balaban J connectivity index is 2.94. The molecule has 1 aromatic carbocycles. The van der Waals surface area contributed by atoms with Gasteiger partial charge in [-0.15, -0.1) is 11.8 Å². The predicted molar refractivity (Wildman–Crippen MR) is 75.1 cm³/mol. The number of carboxylic acid groups (broad SMARTS) is 1. The Hall–Kier alpha value is -1.22. The molecular weight excluding hydrogens is 375 g/mol. The highest BCUT2D eigenvalue weighted by Crippen LogP contribution is 2.38. The van der Waals surface area contributed by atoms with E-state index >= 15 is 0 Å². The number of halogens is 4. The van der Waals surface area contributed by atoms with E-state index in [0.29, 0.717) is 4.47 Å². The molecule has 0 saturated carbocycles. The van der Waals surface area contributed by atoms with Crippen molar-refractivity contribution in [3.63, 3.8) is 0 Å². The summed E-state index contributed by atoms with van der Waals surface area (Å²) in [5.74, 6) is -2.08. The van der Waals surface area contributed by atoms with Crippen molar-refractivity contribution in [1.29, 1.82) is 0 Å². The molecule has 2 N–H and O–H groups in total. The molecule has 0 radical (unpaired) electrons. The Morgan fingerprint density at radius 2 is 2.05 bits per heavy atom. The zero-order valence-corrected chi connectivity index (χ0v) is 13.1. The number of nitrogens with one attached hydrogen (secondary N) is 1. The minimum absolute atomic E-state index is 0.103. The van der Waals surface area contributed by atoms with Gasteiger partial charge in [0.1, 0.15) is 6.04 Å². The van der Waals surface area contributed by atoms with Crippen molar-refractivity contribution in [1.82, 2.24) is 5.32 Å². The van der Waals surface area contributed by atoms with Crippen LogP contribution in [0.5, 0.6) is 0 Å². The Morgan fingerprint density at radius 1 is 1.43 bits per heavy atom. The molecule has 1 unspecified atom stereocenters. The molecule has 0 fully saturated rings. The Labute approximate surface area is 131 Å². The number of aliphatic carboxylic acids is 1. The fourth-order valence-electron chi connectivity index (χ4n) is 1.44. The van der Waals surface area contributed by atoms with E-state index in [-0.39, 0.29) is 10.6 Å². The highest BCUT2D eigenvalue weighted by Gasteiger charge is 2.34. The summed E-state index contributed by atoms with van der Waals surface area (Å²) in [5.41, 5.74) is -0.845. The van der Waals surface area contributed by atoms with Crippen LogP contribution in [-0.2, 0) is 15.8 Å². The zero-order chi connectivity index (χ0) is 16.2. The van der Waals surface area contributed by atoms with Crippen molar-refractivity contribution in [3.05, 3.63) is 28.2 Å². The van der Waals surface area contributed by atoms with E-state index in [1.807, 2.05) is 0 Å². The van der Waals surface area contributed by atoms with E-state index in [9.17, 15) is 22.8 Å². The standard InChI is InChI=1S/C12H11BrF3NO3S/c1-6(18)17-9(11(19)20)5-21-10-4-7(13)2-3-8(10)12(14,15)16/h2-4,9H,5H2,1H3,(H,17,18)(H,19,20). The van der Waals surface area contributed by atoms with Crippen LogP contribution in [-0.4, -0.2) is 28.8 Å². The molecule has 4 nitrogen and oxygen atoms in total. The lowest BCUT2D eigenvalue weighted by Crippen LogP contribution is -2.41. The summed E-state index contributed by atoms with van der Waals surface area (Å²) < 4.78 is 39.0. The van der Waals surface area contributed by atoms with Crippen LogP contribution >= 0.6 is 27.7 Å². The van der Waals surface area contributed by atoms with Crippen LogP contribution in [0.4, 0.5) is 13.2 Å². The maximum atomic E-state index is 12.9. The van der Waals surface area contributed by atoms with Crippen molar-refractivity contribution >= 4 is 39.6 Å². The fourth-order valence-corrected chi connectivity index (χ4v) is 3.08. The van der Waals surface area contributed by atoms with Gasteiger partial charge in [0, 0.05) is 22.0 Å². The topological polar surface area (TPSA) is 66.4 Å². The third kappa shape index (κ3) is 5.58. The lowest BCUT2D eigenvalue weighted by atomic mass is 10.2.